The van der Waals surface area contributed by atoms with Crippen LogP contribution in [0, 0.1) is 0 Å². The SMILES string of the molecule is CCCCc1cc2cn(Cc3ccccc3)c(=O)nc2o1. The lowest BCUT2D eigenvalue weighted by molar-refractivity contribution is 0.525. The summed E-state index contributed by atoms with van der Waals surface area (Å²) in [6.45, 7) is 2.67. The Bertz CT molecular complexity index is 787. The highest BCUT2D eigenvalue weighted by molar-refractivity contribution is 5.72. The summed E-state index contributed by atoms with van der Waals surface area (Å²) < 4.78 is 7.25. The van der Waals surface area contributed by atoms with Crippen LogP contribution in [0.3, 0.4) is 0 Å². The van der Waals surface area contributed by atoms with E-state index in [-0.39, 0.29) is 5.69 Å². The second-order valence-electron chi connectivity index (χ2n) is 5.21. The highest BCUT2D eigenvalue weighted by Crippen LogP contribution is 2.17. The monoisotopic (exact) mass is 282 g/mol. The molecule has 0 aliphatic heterocycles. The number of hydrogen-bond acceptors (Lipinski definition) is 3. The van der Waals surface area contributed by atoms with E-state index in [1.165, 1.54) is 0 Å². The molecule has 0 unspecified atom stereocenters. The third kappa shape index (κ3) is 3.05. The molecule has 0 aliphatic carbocycles. The van der Waals surface area contributed by atoms with E-state index in [2.05, 4.69) is 11.9 Å². The van der Waals surface area contributed by atoms with Crippen LogP contribution in [0.5, 0.6) is 0 Å². The smallest absolute Gasteiger partial charge is 0.351 e. The van der Waals surface area contributed by atoms with Crippen LogP contribution in [0.4, 0.5) is 0 Å². The Labute approximate surface area is 123 Å². The van der Waals surface area contributed by atoms with Gasteiger partial charge in [0.1, 0.15) is 5.76 Å². The molecule has 0 amide bonds. The highest BCUT2D eigenvalue weighted by atomic mass is 16.3. The third-order valence-electron chi connectivity index (χ3n) is 3.50. The third-order valence-corrected chi connectivity index (χ3v) is 3.50. The predicted octanol–water partition coefficient (Wildman–Crippen LogP) is 3.38. The molecule has 3 rings (SSSR count). The van der Waals surface area contributed by atoms with Gasteiger partial charge in [0.2, 0.25) is 5.71 Å². The summed E-state index contributed by atoms with van der Waals surface area (Å²) in [5.74, 6) is 0.899. The number of furan rings is 1. The quantitative estimate of drug-likeness (QED) is 0.720. The molecule has 0 spiro atoms. The fourth-order valence-corrected chi connectivity index (χ4v) is 2.37. The minimum atomic E-state index is -0.275. The van der Waals surface area contributed by atoms with Gasteiger partial charge in [-0.25, -0.2) is 4.79 Å². The van der Waals surface area contributed by atoms with Crippen molar-refractivity contribution in [2.45, 2.75) is 32.7 Å². The molecule has 4 nitrogen and oxygen atoms in total. The Balaban J connectivity index is 1.93. The van der Waals surface area contributed by atoms with Gasteiger partial charge in [0.05, 0.1) is 11.9 Å². The molecule has 4 heteroatoms. The summed E-state index contributed by atoms with van der Waals surface area (Å²) in [7, 11) is 0. The predicted molar refractivity (Wildman–Crippen MR) is 82.4 cm³/mol. The zero-order valence-corrected chi connectivity index (χ0v) is 12.1. The molecular formula is C17H18N2O2. The minimum absolute atomic E-state index is 0.275. The molecule has 0 N–H and O–H groups in total. The average molecular weight is 282 g/mol. The molecular weight excluding hydrogens is 264 g/mol. The molecule has 0 radical (unpaired) electrons. The van der Waals surface area contributed by atoms with Crippen LogP contribution in [0.1, 0.15) is 31.1 Å². The maximum atomic E-state index is 12.1. The largest absolute Gasteiger partial charge is 0.443 e. The second-order valence-corrected chi connectivity index (χ2v) is 5.21. The molecule has 0 atom stereocenters. The number of fused-ring (bicyclic) bond motifs is 1. The zero-order valence-electron chi connectivity index (χ0n) is 12.1. The molecule has 0 saturated heterocycles. The van der Waals surface area contributed by atoms with Crippen LogP contribution in [-0.4, -0.2) is 9.55 Å². The van der Waals surface area contributed by atoms with E-state index in [0.29, 0.717) is 12.3 Å². The number of unbranched alkanes of at least 4 members (excludes halogenated alkanes) is 1. The van der Waals surface area contributed by atoms with Crippen molar-refractivity contribution in [2.75, 3.05) is 0 Å². The Morgan fingerprint density at radius 2 is 2.05 bits per heavy atom. The van der Waals surface area contributed by atoms with Gasteiger partial charge in [-0.1, -0.05) is 43.7 Å². The molecule has 1 aromatic carbocycles. The normalized spacial score (nSPS) is 11.1. The summed E-state index contributed by atoms with van der Waals surface area (Å²) in [6.07, 6.45) is 4.91. The lowest BCUT2D eigenvalue weighted by atomic mass is 10.2. The summed E-state index contributed by atoms with van der Waals surface area (Å²) >= 11 is 0. The first-order valence-corrected chi connectivity index (χ1v) is 7.30. The van der Waals surface area contributed by atoms with E-state index < -0.39 is 0 Å². The average Bonchev–Trinajstić information content (AvgIpc) is 2.88. The van der Waals surface area contributed by atoms with Gasteiger partial charge < -0.3 is 4.42 Å². The number of benzene rings is 1. The fraction of sp³-hybridized carbons (Fsp3) is 0.294. The first kappa shape index (κ1) is 13.6. The summed E-state index contributed by atoms with van der Waals surface area (Å²) in [4.78, 5) is 16.1. The standard InChI is InChI=1S/C17H18N2O2/c1-2-3-9-15-10-14-12-19(17(20)18-16(14)21-15)11-13-7-5-4-6-8-13/h4-8,10,12H,2-3,9,11H2,1H3. The first-order chi connectivity index (χ1) is 10.3. The van der Waals surface area contributed by atoms with Crippen molar-refractivity contribution in [3.63, 3.8) is 0 Å². The minimum Gasteiger partial charge on any atom is -0.443 e. The van der Waals surface area contributed by atoms with Crippen molar-refractivity contribution in [3.8, 4) is 0 Å². The second kappa shape index (κ2) is 5.95. The van der Waals surface area contributed by atoms with Crippen LogP contribution < -0.4 is 5.69 Å². The highest BCUT2D eigenvalue weighted by Gasteiger charge is 2.08. The van der Waals surface area contributed by atoms with Crippen molar-refractivity contribution in [1.82, 2.24) is 9.55 Å². The van der Waals surface area contributed by atoms with Gasteiger partial charge in [0.25, 0.3) is 0 Å². The van der Waals surface area contributed by atoms with Crippen LogP contribution in [-0.2, 0) is 13.0 Å². The van der Waals surface area contributed by atoms with E-state index in [1.807, 2.05) is 42.6 Å². The molecule has 2 aromatic heterocycles. The number of aryl methyl sites for hydroxylation is 1. The van der Waals surface area contributed by atoms with Crippen LogP contribution in [0.2, 0.25) is 0 Å². The number of hydrogen-bond donors (Lipinski definition) is 0. The number of aromatic nitrogens is 2. The Morgan fingerprint density at radius 3 is 2.81 bits per heavy atom. The van der Waals surface area contributed by atoms with E-state index in [4.69, 9.17) is 4.42 Å². The molecule has 0 saturated carbocycles. The van der Waals surface area contributed by atoms with E-state index in [0.717, 1.165) is 36.0 Å². The molecule has 2 heterocycles. The van der Waals surface area contributed by atoms with Crippen molar-refractivity contribution >= 4 is 11.1 Å². The van der Waals surface area contributed by atoms with Gasteiger partial charge in [0.15, 0.2) is 0 Å². The molecule has 0 aliphatic rings. The molecule has 3 aromatic rings. The topological polar surface area (TPSA) is 48.0 Å². The van der Waals surface area contributed by atoms with Crippen molar-refractivity contribution in [1.29, 1.82) is 0 Å². The van der Waals surface area contributed by atoms with E-state index in [1.54, 1.807) is 4.57 Å². The number of nitrogens with zero attached hydrogens (tertiary/aromatic N) is 2. The Kier molecular flexibility index (Phi) is 3.86. The van der Waals surface area contributed by atoms with E-state index >= 15 is 0 Å². The maximum absolute atomic E-state index is 12.1. The van der Waals surface area contributed by atoms with Crippen molar-refractivity contribution in [2.24, 2.45) is 0 Å². The van der Waals surface area contributed by atoms with Gasteiger partial charge >= 0.3 is 5.69 Å². The van der Waals surface area contributed by atoms with Gasteiger partial charge in [-0.15, -0.1) is 0 Å². The zero-order chi connectivity index (χ0) is 14.7. The van der Waals surface area contributed by atoms with Crippen LogP contribution >= 0.6 is 0 Å². The summed E-state index contributed by atoms with van der Waals surface area (Å²) in [5.41, 5.74) is 1.24. The van der Waals surface area contributed by atoms with Crippen LogP contribution in [0.15, 0.2) is 51.8 Å². The molecule has 108 valence electrons. The molecule has 0 fully saturated rings. The summed E-state index contributed by atoms with van der Waals surface area (Å²) in [5, 5.41) is 0.886. The van der Waals surface area contributed by atoms with Gasteiger partial charge in [0, 0.05) is 12.6 Å². The van der Waals surface area contributed by atoms with E-state index in [9.17, 15) is 4.79 Å². The maximum Gasteiger partial charge on any atom is 0.351 e. The van der Waals surface area contributed by atoms with Gasteiger partial charge in [-0.2, -0.15) is 4.98 Å². The Hall–Kier alpha value is -2.36. The van der Waals surface area contributed by atoms with Gasteiger partial charge in [-0.3, -0.25) is 4.57 Å². The lowest BCUT2D eigenvalue weighted by Gasteiger charge is -2.04. The Morgan fingerprint density at radius 1 is 1.24 bits per heavy atom. The summed E-state index contributed by atoms with van der Waals surface area (Å²) in [6, 6.07) is 11.9. The van der Waals surface area contributed by atoms with Gasteiger partial charge in [-0.05, 0) is 18.1 Å². The molecule has 21 heavy (non-hydrogen) atoms. The first-order valence-electron chi connectivity index (χ1n) is 7.30. The van der Waals surface area contributed by atoms with Crippen LogP contribution in [0.25, 0.3) is 11.1 Å². The lowest BCUT2D eigenvalue weighted by Crippen LogP contribution is -2.22. The van der Waals surface area contributed by atoms with Crippen molar-refractivity contribution in [3.05, 3.63) is 64.4 Å². The number of rotatable bonds is 5. The fourth-order valence-electron chi connectivity index (χ4n) is 2.37. The van der Waals surface area contributed by atoms with Crippen molar-refractivity contribution < 1.29 is 4.42 Å². The molecule has 0 bridgehead atoms.